The van der Waals surface area contributed by atoms with Crippen LogP contribution < -0.4 is 5.32 Å². The molecule has 0 aromatic carbocycles. The van der Waals surface area contributed by atoms with Crippen LogP contribution in [0.15, 0.2) is 0 Å². The van der Waals surface area contributed by atoms with Crippen molar-refractivity contribution in [1.82, 2.24) is 10.2 Å². The number of piperidine rings is 1. The van der Waals surface area contributed by atoms with Gasteiger partial charge in [-0.2, -0.15) is 0 Å². The first-order valence-corrected chi connectivity index (χ1v) is 5.64. The van der Waals surface area contributed by atoms with Crippen LogP contribution in [-0.2, 0) is 19.1 Å². The monoisotopic (exact) mass is 242 g/mol. The molecule has 1 N–H and O–H groups in total. The first-order valence-electron chi connectivity index (χ1n) is 5.64. The van der Waals surface area contributed by atoms with Crippen LogP contribution in [0.25, 0.3) is 0 Å². The van der Waals surface area contributed by atoms with Crippen LogP contribution in [0.2, 0.25) is 0 Å². The van der Waals surface area contributed by atoms with E-state index >= 15 is 0 Å². The standard InChI is InChI=1S/C11H18N2O4/c1-8(14)13-5-3-9(4-6-13)11(16)12-7-10(15)17-2/h9H,3-7H2,1-2H3,(H,12,16). The molecule has 0 aromatic heterocycles. The van der Waals surface area contributed by atoms with Crippen molar-refractivity contribution in [2.75, 3.05) is 26.7 Å². The van der Waals surface area contributed by atoms with Gasteiger partial charge in [0, 0.05) is 25.9 Å². The minimum Gasteiger partial charge on any atom is -0.468 e. The molecule has 0 saturated carbocycles. The van der Waals surface area contributed by atoms with Crippen LogP contribution in [0.5, 0.6) is 0 Å². The Morgan fingerprint density at radius 2 is 1.88 bits per heavy atom. The van der Waals surface area contributed by atoms with Crippen molar-refractivity contribution in [1.29, 1.82) is 0 Å². The third kappa shape index (κ3) is 4.05. The van der Waals surface area contributed by atoms with Crippen molar-refractivity contribution in [3.63, 3.8) is 0 Å². The van der Waals surface area contributed by atoms with Crippen LogP contribution >= 0.6 is 0 Å². The van der Waals surface area contributed by atoms with E-state index in [0.29, 0.717) is 25.9 Å². The summed E-state index contributed by atoms with van der Waals surface area (Å²) in [5.74, 6) is -0.674. The van der Waals surface area contributed by atoms with Crippen LogP contribution in [0.4, 0.5) is 0 Å². The molecule has 0 bridgehead atoms. The second kappa shape index (κ2) is 6.22. The van der Waals surface area contributed by atoms with Crippen molar-refractivity contribution >= 4 is 17.8 Å². The average Bonchev–Trinajstić information content (AvgIpc) is 2.35. The number of amides is 2. The average molecular weight is 242 g/mol. The lowest BCUT2D eigenvalue weighted by molar-refractivity contribution is -0.142. The molecule has 1 saturated heterocycles. The number of likely N-dealkylation sites (tertiary alicyclic amines) is 1. The molecule has 0 spiro atoms. The Bertz CT molecular complexity index is 309. The molecule has 1 heterocycles. The summed E-state index contributed by atoms with van der Waals surface area (Å²) in [4.78, 5) is 35.3. The maximum absolute atomic E-state index is 11.7. The third-order valence-corrected chi connectivity index (χ3v) is 2.95. The highest BCUT2D eigenvalue weighted by Crippen LogP contribution is 2.17. The molecule has 1 rings (SSSR count). The summed E-state index contributed by atoms with van der Waals surface area (Å²) >= 11 is 0. The minimum atomic E-state index is -0.459. The molecule has 96 valence electrons. The predicted molar refractivity (Wildman–Crippen MR) is 60.0 cm³/mol. The van der Waals surface area contributed by atoms with E-state index in [4.69, 9.17) is 0 Å². The van der Waals surface area contributed by atoms with E-state index in [-0.39, 0.29) is 24.3 Å². The number of carbonyl (C=O) groups excluding carboxylic acids is 3. The number of methoxy groups -OCH3 is 1. The molecule has 6 heteroatoms. The lowest BCUT2D eigenvalue weighted by atomic mass is 9.96. The Morgan fingerprint density at radius 3 is 2.35 bits per heavy atom. The van der Waals surface area contributed by atoms with Gasteiger partial charge in [0.15, 0.2) is 0 Å². The normalized spacial score (nSPS) is 16.5. The van der Waals surface area contributed by atoms with Crippen molar-refractivity contribution < 1.29 is 19.1 Å². The number of nitrogens with one attached hydrogen (secondary N) is 1. The minimum absolute atomic E-state index is 0.0402. The Labute approximate surface area is 100 Å². The van der Waals surface area contributed by atoms with Gasteiger partial charge in [0.05, 0.1) is 7.11 Å². The predicted octanol–water partition coefficient (Wildman–Crippen LogP) is -0.466. The number of rotatable bonds is 3. The van der Waals surface area contributed by atoms with Crippen molar-refractivity contribution in [3.8, 4) is 0 Å². The SMILES string of the molecule is COC(=O)CNC(=O)C1CCN(C(C)=O)CC1. The molecule has 0 unspecified atom stereocenters. The molecule has 0 aromatic rings. The second-order valence-electron chi connectivity index (χ2n) is 4.07. The lowest BCUT2D eigenvalue weighted by Crippen LogP contribution is -2.43. The Kier molecular flexibility index (Phi) is 4.93. The number of hydrogen-bond acceptors (Lipinski definition) is 4. The third-order valence-electron chi connectivity index (χ3n) is 2.95. The summed E-state index contributed by atoms with van der Waals surface area (Å²) in [6, 6.07) is 0. The van der Waals surface area contributed by atoms with E-state index in [1.807, 2.05) is 0 Å². The van der Waals surface area contributed by atoms with Gasteiger partial charge in [0.25, 0.3) is 0 Å². The van der Waals surface area contributed by atoms with Gasteiger partial charge in [-0.1, -0.05) is 0 Å². The zero-order valence-corrected chi connectivity index (χ0v) is 10.2. The largest absolute Gasteiger partial charge is 0.468 e. The van der Waals surface area contributed by atoms with Gasteiger partial charge < -0.3 is 15.0 Å². The van der Waals surface area contributed by atoms with Crippen LogP contribution in [0.1, 0.15) is 19.8 Å². The highest BCUT2D eigenvalue weighted by atomic mass is 16.5. The maximum atomic E-state index is 11.7. The molecule has 17 heavy (non-hydrogen) atoms. The summed E-state index contributed by atoms with van der Waals surface area (Å²) in [7, 11) is 1.28. The topological polar surface area (TPSA) is 75.7 Å². The Morgan fingerprint density at radius 1 is 1.29 bits per heavy atom. The molecule has 1 fully saturated rings. The van der Waals surface area contributed by atoms with Crippen LogP contribution in [0, 0.1) is 5.92 Å². The van der Waals surface area contributed by atoms with E-state index in [2.05, 4.69) is 10.1 Å². The van der Waals surface area contributed by atoms with Gasteiger partial charge in [0.1, 0.15) is 6.54 Å². The van der Waals surface area contributed by atoms with Gasteiger partial charge in [-0.25, -0.2) is 0 Å². The molecule has 0 aliphatic carbocycles. The van der Waals surface area contributed by atoms with E-state index in [9.17, 15) is 14.4 Å². The highest BCUT2D eigenvalue weighted by Gasteiger charge is 2.26. The number of carbonyl (C=O) groups is 3. The lowest BCUT2D eigenvalue weighted by Gasteiger charge is -2.30. The van der Waals surface area contributed by atoms with E-state index in [1.165, 1.54) is 14.0 Å². The second-order valence-corrected chi connectivity index (χ2v) is 4.07. The first kappa shape index (κ1) is 13.5. The van der Waals surface area contributed by atoms with E-state index in [1.54, 1.807) is 4.90 Å². The van der Waals surface area contributed by atoms with Crippen molar-refractivity contribution in [2.24, 2.45) is 5.92 Å². The first-order chi connectivity index (χ1) is 8.04. The van der Waals surface area contributed by atoms with Gasteiger partial charge in [-0.05, 0) is 12.8 Å². The molecule has 1 aliphatic heterocycles. The van der Waals surface area contributed by atoms with Gasteiger partial charge >= 0.3 is 5.97 Å². The van der Waals surface area contributed by atoms with Gasteiger partial charge in [0.2, 0.25) is 11.8 Å². The van der Waals surface area contributed by atoms with Crippen molar-refractivity contribution in [2.45, 2.75) is 19.8 Å². The summed E-state index contributed by atoms with van der Waals surface area (Å²) in [6.07, 6.45) is 1.29. The smallest absolute Gasteiger partial charge is 0.325 e. The number of ether oxygens (including phenoxy) is 1. The maximum Gasteiger partial charge on any atom is 0.325 e. The fourth-order valence-electron chi connectivity index (χ4n) is 1.83. The van der Waals surface area contributed by atoms with Crippen molar-refractivity contribution in [3.05, 3.63) is 0 Å². The van der Waals surface area contributed by atoms with Gasteiger partial charge in [-0.15, -0.1) is 0 Å². The fourth-order valence-corrected chi connectivity index (χ4v) is 1.83. The van der Waals surface area contributed by atoms with Crippen LogP contribution in [-0.4, -0.2) is 49.4 Å². The summed E-state index contributed by atoms with van der Waals surface area (Å²) in [5, 5.41) is 2.53. The molecular weight excluding hydrogens is 224 g/mol. The molecule has 6 nitrogen and oxygen atoms in total. The molecule has 0 atom stereocenters. The summed E-state index contributed by atoms with van der Waals surface area (Å²) < 4.78 is 4.43. The summed E-state index contributed by atoms with van der Waals surface area (Å²) in [5.41, 5.74) is 0. The fraction of sp³-hybridized carbons (Fsp3) is 0.727. The van der Waals surface area contributed by atoms with Gasteiger partial charge in [-0.3, -0.25) is 14.4 Å². The van der Waals surface area contributed by atoms with Crippen LogP contribution in [0.3, 0.4) is 0 Å². The molecular formula is C11H18N2O4. The zero-order chi connectivity index (χ0) is 12.8. The highest BCUT2D eigenvalue weighted by molar-refractivity contribution is 5.83. The van der Waals surface area contributed by atoms with E-state index < -0.39 is 5.97 Å². The number of hydrogen-bond donors (Lipinski definition) is 1. The molecule has 1 aliphatic rings. The number of esters is 1. The molecule has 0 radical (unpaired) electrons. The number of nitrogens with zero attached hydrogens (tertiary/aromatic N) is 1. The Hall–Kier alpha value is -1.59. The van der Waals surface area contributed by atoms with E-state index in [0.717, 1.165) is 0 Å². The Balaban J connectivity index is 2.31. The quantitative estimate of drug-likeness (QED) is 0.679. The summed E-state index contributed by atoms with van der Waals surface area (Å²) in [6.45, 7) is 2.64. The molecule has 2 amide bonds. The zero-order valence-electron chi connectivity index (χ0n) is 10.2.